The lowest BCUT2D eigenvalue weighted by molar-refractivity contribution is -0.142. The highest BCUT2D eigenvalue weighted by atomic mass is 16.4. The van der Waals surface area contributed by atoms with Crippen molar-refractivity contribution in [2.75, 3.05) is 0 Å². The van der Waals surface area contributed by atoms with Crippen molar-refractivity contribution in [3.8, 4) is 0 Å². The average Bonchev–Trinajstić information content (AvgIpc) is 3.23. The first-order chi connectivity index (χ1) is 17.4. The Bertz CT molecular complexity index is 1180. The lowest BCUT2D eigenvalue weighted by atomic mass is 10.0. The smallest absolute Gasteiger partial charge is 0.326 e. The maximum atomic E-state index is 12.6. The largest absolute Gasteiger partial charge is 0.480 e. The molecule has 14 heteroatoms. The monoisotopic (exact) mass is 517 g/mol. The third-order valence-corrected chi connectivity index (χ3v) is 5.54. The normalized spacial score (nSPS) is 14.1. The second-order valence-corrected chi connectivity index (χ2v) is 8.54. The topological polar surface area (TPSA) is 253 Å². The van der Waals surface area contributed by atoms with Gasteiger partial charge in [0, 0.05) is 23.5 Å². The Kier molecular flexibility index (Phi) is 10.1. The minimum Gasteiger partial charge on any atom is -0.480 e. The molecule has 0 bridgehead atoms. The summed E-state index contributed by atoms with van der Waals surface area (Å²) in [5.74, 6) is -5.63. The van der Waals surface area contributed by atoms with Crippen LogP contribution in [-0.4, -0.2) is 69.8 Å². The van der Waals surface area contributed by atoms with Gasteiger partial charge in [0.05, 0.1) is 12.5 Å². The molecule has 11 N–H and O–H groups in total. The zero-order valence-corrected chi connectivity index (χ0v) is 20.2. The first-order valence-electron chi connectivity index (χ1n) is 11.4. The third kappa shape index (κ3) is 8.61. The molecule has 2 aromatic rings. The van der Waals surface area contributed by atoms with E-state index in [2.05, 4.69) is 20.9 Å². The van der Waals surface area contributed by atoms with Crippen molar-refractivity contribution in [1.82, 2.24) is 20.9 Å². The van der Waals surface area contributed by atoms with Gasteiger partial charge in [0.2, 0.25) is 29.5 Å². The van der Waals surface area contributed by atoms with Gasteiger partial charge >= 0.3 is 5.97 Å². The Morgan fingerprint density at radius 2 is 1.57 bits per heavy atom. The van der Waals surface area contributed by atoms with Crippen molar-refractivity contribution in [2.45, 2.75) is 56.8 Å². The van der Waals surface area contributed by atoms with Crippen LogP contribution in [-0.2, 0) is 35.2 Å². The van der Waals surface area contributed by atoms with E-state index < -0.39 is 66.1 Å². The summed E-state index contributed by atoms with van der Waals surface area (Å²) in [5, 5.41) is 17.0. The van der Waals surface area contributed by atoms with E-state index in [9.17, 15) is 33.9 Å². The lowest BCUT2D eigenvalue weighted by Gasteiger charge is -2.23. The van der Waals surface area contributed by atoms with Crippen molar-refractivity contribution < 1.29 is 33.9 Å². The minimum absolute atomic E-state index is 0.193. The Labute approximate surface area is 211 Å². The fourth-order valence-corrected chi connectivity index (χ4v) is 3.54. The number of aliphatic carboxylic acids is 1. The summed E-state index contributed by atoms with van der Waals surface area (Å²) < 4.78 is 0. The zero-order valence-electron chi connectivity index (χ0n) is 20.2. The highest BCUT2D eigenvalue weighted by Crippen LogP contribution is 2.18. The molecule has 1 heterocycles. The van der Waals surface area contributed by atoms with Gasteiger partial charge in [-0.05, 0) is 31.4 Å². The predicted molar refractivity (Wildman–Crippen MR) is 131 cm³/mol. The molecule has 4 unspecified atom stereocenters. The van der Waals surface area contributed by atoms with E-state index >= 15 is 0 Å². The Morgan fingerprint density at radius 1 is 0.919 bits per heavy atom. The van der Waals surface area contributed by atoms with E-state index in [1.165, 1.54) is 6.92 Å². The maximum Gasteiger partial charge on any atom is 0.326 e. The molecule has 5 amide bonds. The molecule has 0 fully saturated rings. The number of carbonyl (C=O) groups is 6. The number of nitrogens with one attached hydrogen (secondary N) is 4. The van der Waals surface area contributed by atoms with Crippen molar-refractivity contribution >= 4 is 46.4 Å². The molecule has 200 valence electrons. The molecule has 0 aliphatic rings. The molecule has 0 saturated heterocycles. The van der Waals surface area contributed by atoms with E-state index in [1.54, 1.807) is 6.20 Å². The van der Waals surface area contributed by atoms with Crippen LogP contribution in [0.25, 0.3) is 10.9 Å². The van der Waals surface area contributed by atoms with Gasteiger partial charge in [-0.25, -0.2) is 4.79 Å². The highest BCUT2D eigenvalue weighted by molar-refractivity contribution is 5.96. The van der Waals surface area contributed by atoms with Crippen LogP contribution in [0.15, 0.2) is 30.5 Å². The fraction of sp³-hybridized carbons (Fsp3) is 0.391. The number of carboxylic acids is 1. The van der Waals surface area contributed by atoms with Crippen LogP contribution in [0.4, 0.5) is 0 Å². The second kappa shape index (κ2) is 13.0. The average molecular weight is 518 g/mol. The molecule has 14 nitrogen and oxygen atoms in total. The summed E-state index contributed by atoms with van der Waals surface area (Å²) in [6.45, 7) is 1.35. The molecular formula is C23H31N7O7. The number of benzene rings is 1. The molecule has 4 atom stereocenters. The Balaban J connectivity index is 1.99. The first kappa shape index (κ1) is 28.8. The molecule has 1 aromatic heterocycles. The number of amides is 5. The number of hydrogen-bond donors (Lipinski definition) is 8. The molecule has 0 radical (unpaired) electrons. The van der Waals surface area contributed by atoms with Crippen LogP contribution in [0.3, 0.4) is 0 Å². The number of primary amides is 2. The number of H-pyrrole nitrogens is 1. The highest BCUT2D eigenvalue weighted by Gasteiger charge is 2.30. The summed E-state index contributed by atoms with van der Waals surface area (Å²) in [6.07, 6.45) is 0.689. The fourth-order valence-electron chi connectivity index (χ4n) is 3.54. The molecule has 1 aromatic carbocycles. The number of fused-ring (bicyclic) bond motifs is 1. The maximum absolute atomic E-state index is 12.6. The van der Waals surface area contributed by atoms with Crippen molar-refractivity contribution in [3.63, 3.8) is 0 Å². The SMILES string of the molecule is CC(NC(=O)C(N)Cc1c[nH]c2ccccc12)C(=O)NC(CC(N)=O)C(=O)NC(CCC(N)=O)C(=O)O. The first-order valence-corrected chi connectivity index (χ1v) is 11.4. The number of carbonyl (C=O) groups excluding carboxylic acids is 5. The van der Waals surface area contributed by atoms with Crippen LogP contribution in [0, 0.1) is 0 Å². The molecule has 2 rings (SSSR count). The second-order valence-electron chi connectivity index (χ2n) is 8.54. The third-order valence-electron chi connectivity index (χ3n) is 5.54. The summed E-state index contributed by atoms with van der Waals surface area (Å²) in [5.41, 5.74) is 17.9. The van der Waals surface area contributed by atoms with E-state index in [0.29, 0.717) is 0 Å². The summed E-state index contributed by atoms with van der Waals surface area (Å²) in [7, 11) is 0. The molecule has 37 heavy (non-hydrogen) atoms. The van der Waals surface area contributed by atoms with Crippen molar-refractivity contribution in [1.29, 1.82) is 0 Å². The van der Waals surface area contributed by atoms with Gasteiger partial charge in [-0.2, -0.15) is 0 Å². The summed E-state index contributed by atoms with van der Waals surface area (Å²) >= 11 is 0. The number of aromatic nitrogens is 1. The molecule has 0 aliphatic heterocycles. The molecular weight excluding hydrogens is 486 g/mol. The quantitative estimate of drug-likeness (QED) is 0.135. The molecule has 0 spiro atoms. The van der Waals surface area contributed by atoms with E-state index in [-0.39, 0.29) is 19.3 Å². The van der Waals surface area contributed by atoms with Gasteiger partial charge < -0.3 is 43.2 Å². The van der Waals surface area contributed by atoms with Crippen LogP contribution in [0.5, 0.6) is 0 Å². The van der Waals surface area contributed by atoms with Crippen LogP contribution in [0.2, 0.25) is 0 Å². The van der Waals surface area contributed by atoms with Gasteiger partial charge in [-0.15, -0.1) is 0 Å². The molecule has 0 aliphatic carbocycles. The van der Waals surface area contributed by atoms with Crippen molar-refractivity contribution in [3.05, 3.63) is 36.0 Å². The number of carboxylic acid groups (broad SMARTS) is 1. The van der Waals surface area contributed by atoms with Gasteiger partial charge in [0.15, 0.2) is 0 Å². The minimum atomic E-state index is -1.53. The number of aromatic amines is 1. The van der Waals surface area contributed by atoms with Crippen LogP contribution < -0.4 is 33.2 Å². The standard InChI is InChI=1S/C23H31N7O7/c1-11(28-21(34)14(24)8-12-10-27-15-5-3-2-4-13(12)15)20(33)30-17(9-19(26)32)22(35)29-16(23(36)37)6-7-18(25)31/h2-5,10-11,14,16-17,27H,6-9,24H2,1H3,(H2,25,31)(H2,26,32)(H,28,34)(H,29,35)(H,30,33)(H,36,37). The summed E-state index contributed by atoms with van der Waals surface area (Å²) in [4.78, 5) is 74.7. The summed E-state index contributed by atoms with van der Waals surface area (Å²) in [6, 6.07) is 2.32. The number of para-hydroxylation sites is 1. The van der Waals surface area contributed by atoms with E-state index in [4.69, 9.17) is 17.2 Å². The Morgan fingerprint density at radius 3 is 2.19 bits per heavy atom. The van der Waals surface area contributed by atoms with Crippen LogP contribution in [0.1, 0.15) is 31.7 Å². The lowest BCUT2D eigenvalue weighted by Crippen LogP contribution is -2.57. The number of nitrogens with two attached hydrogens (primary N) is 3. The number of hydrogen-bond acceptors (Lipinski definition) is 7. The predicted octanol–water partition coefficient (Wildman–Crippen LogP) is -2.26. The van der Waals surface area contributed by atoms with E-state index in [0.717, 1.165) is 16.5 Å². The van der Waals surface area contributed by atoms with E-state index in [1.807, 2.05) is 24.3 Å². The van der Waals surface area contributed by atoms with Crippen LogP contribution >= 0.6 is 0 Å². The Hall–Kier alpha value is -4.46. The van der Waals surface area contributed by atoms with Gasteiger partial charge in [0.1, 0.15) is 18.1 Å². The zero-order chi connectivity index (χ0) is 27.7. The van der Waals surface area contributed by atoms with Crippen molar-refractivity contribution in [2.24, 2.45) is 17.2 Å². The number of rotatable bonds is 14. The molecule has 0 saturated carbocycles. The van der Waals surface area contributed by atoms with Gasteiger partial charge in [-0.3, -0.25) is 24.0 Å². The van der Waals surface area contributed by atoms with Gasteiger partial charge in [0.25, 0.3) is 0 Å². The van der Waals surface area contributed by atoms with Gasteiger partial charge in [-0.1, -0.05) is 18.2 Å².